The molecule has 27 heavy (non-hydrogen) atoms. The number of sulfonamides is 1. The zero-order valence-electron chi connectivity index (χ0n) is 14.8. The van der Waals surface area contributed by atoms with E-state index in [4.69, 9.17) is 0 Å². The van der Waals surface area contributed by atoms with Crippen LogP contribution in [0.15, 0.2) is 47.5 Å². The summed E-state index contributed by atoms with van der Waals surface area (Å²) in [7, 11) is -3.43. The number of H-pyrrole nitrogens is 1. The Bertz CT molecular complexity index is 923. The minimum absolute atomic E-state index is 0.0380. The molecular formula is C18H22N4O4S. The minimum atomic E-state index is -3.43. The first-order valence-corrected chi connectivity index (χ1v) is 10.4. The second kappa shape index (κ2) is 8.45. The van der Waals surface area contributed by atoms with Gasteiger partial charge in [-0.25, -0.2) is 18.1 Å². The van der Waals surface area contributed by atoms with E-state index in [2.05, 4.69) is 14.7 Å². The van der Waals surface area contributed by atoms with E-state index in [1.807, 2.05) is 6.07 Å². The fourth-order valence-corrected chi connectivity index (χ4v) is 4.35. The lowest BCUT2D eigenvalue weighted by Gasteiger charge is -2.32. The van der Waals surface area contributed by atoms with Crippen LogP contribution in [-0.2, 0) is 15.8 Å². The van der Waals surface area contributed by atoms with Gasteiger partial charge < -0.3 is 9.88 Å². The maximum absolute atomic E-state index is 12.5. The fraction of sp³-hybridized carbons (Fsp3) is 0.389. The van der Waals surface area contributed by atoms with Crippen LogP contribution in [0.25, 0.3) is 0 Å². The first-order valence-electron chi connectivity index (χ1n) is 8.78. The van der Waals surface area contributed by atoms with Crippen LogP contribution in [0.2, 0.25) is 0 Å². The fourth-order valence-electron chi connectivity index (χ4n) is 3.13. The molecule has 9 heteroatoms. The van der Waals surface area contributed by atoms with Crippen molar-refractivity contribution in [1.82, 2.24) is 19.6 Å². The zero-order valence-corrected chi connectivity index (χ0v) is 15.6. The summed E-state index contributed by atoms with van der Waals surface area (Å²) in [5.74, 6) is -0.288. The van der Waals surface area contributed by atoms with Crippen molar-refractivity contribution in [2.45, 2.75) is 18.6 Å². The highest BCUT2D eigenvalue weighted by molar-refractivity contribution is 7.88. The molecule has 1 amide bonds. The molecule has 2 aromatic rings. The second-order valence-electron chi connectivity index (χ2n) is 6.65. The summed E-state index contributed by atoms with van der Waals surface area (Å²) >= 11 is 0. The molecule has 0 spiro atoms. The van der Waals surface area contributed by atoms with Gasteiger partial charge in [-0.05, 0) is 24.3 Å². The van der Waals surface area contributed by atoms with Gasteiger partial charge in [0, 0.05) is 25.8 Å². The molecule has 0 unspecified atom stereocenters. The van der Waals surface area contributed by atoms with Crippen molar-refractivity contribution in [2.24, 2.45) is 5.92 Å². The lowest BCUT2D eigenvalue weighted by molar-refractivity contribution is 0.0670. The van der Waals surface area contributed by atoms with E-state index in [9.17, 15) is 18.0 Å². The Hall–Kier alpha value is -2.52. The molecule has 0 radical (unpaired) electrons. The number of aromatic nitrogens is 2. The minimum Gasteiger partial charge on any atom is -0.337 e. The molecule has 1 aromatic heterocycles. The van der Waals surface area contributed by atoms with E-state index < -0.39 is 10.0 Å². The number of rotatable bonds is 6. The third-order valence-corrected chi connectivity index (χ3v) is 5.81. The van der Waals surface area contributed by atoms with E-state index in [0.29, 0.717) is 13.1 Å². The summed E-state index contributed by atoms with van der Waals surface area (Å²) in [5.41, 5.74) is 0.547. The van der Waals surface area contributed by atoms with Gasteiger partial charge in [-0.3, -0.25) is 9.59 Å². The van der Waals surface area contributed by atoms with Crippen molar-refractivity contribution in [3.8, 4) is 0 Å². The van der Waals surface area contributed by atoms with Gasteiger partial charge in [0.2, 0.25) is 10.0 Å². The van der Waals surface area contributed by atoms with Crippen molar-refractivity contribution in [3.63, 3.8) is 0 Å². The molecule has 1 atom stereocenters. The van der Waals surface area contributed by atoms with E-state index in [-0.39, 0.29) is 35.4 Å². The average molecular weight is 390 g/mol. The van der Waals surface area contributed by atoms with Gasteiger partial charge in [0.15, 0.2) is 0 Å². The number of hydrogen-bond donors (Lipinski definition) is 2. The Labute approximate surface area is 157 Å². The van der Waals surface area contributed by atoms with Crippen molar-refractivity contribution < 1.29 is 13.2 Å². The summed E-state index contributed by atoms with van der Waals surface area (Å²) in [4.78, 5) is 31.5. The lowest BCUT2D eigenvalue weighted by Crippen LogP contribution is -2.44. The highest BCUT2D eigenvalue weighted by Crippen LogP contribution is 2.18. The molecule has 1 aromatic carbocycles. The van der Waals surface area contributed by atoms with Gasteiger partial charge in [-0.15, -0.1) is 0 Å². The van der Waals surface area contributed by atoms with E-state index in [1.54, 1.807) is 29.2 Å². The Morgan fingerprint density at radius 1 is 1.30 bits per heavy atom. The number of benzene rings is 1. The molecule has 2 N–H and O–H groups in total. The first-order chi connectivity index (χ1) is 12.9. The molecule has 3 rings (SSSR count). The topological polar surface area (TPSA) is 112 Å². The van der Waals surface area contributed by atoms with Crippen LogP contribution in [0, 0.1) is 5.92 Å². The summed E-state index contributed by atoms with van der Waals surface area (Å²) in [6, 6.07) is 9.00. The van der Waals surface area contributed by atoms with Gasteiger partial charge in [0.05, 0.1) is 11.9 Å². The van der Waals surface area contributed by atoms with Gasteiger partial charge in [0.1, 0.15) is 5.69 Å². The van der Waals surface area contributed by atoms with Crippen molar-refractivity contribution in [3.05, 3.63) is 64.3 Å². The molecule has 1 aliphatic heterocycles. The normalized spacial score (nSPS) is 17.6. The molecule has 1 saturated heterocycles. The number of amides is 1. The van der Waals surface area contributed by atoms with Crippen LogP contribution in [0.5, 0.6) is 0 Å². The summed E-state index contributed by atoms with van der Waals surface area (Å²) in [5, 5.41) is 0. The number of nitrogens with zero attached hydrogens (tertiary/aromatic N) is 2. The third-order valence-electron chi connectivity index (χ3n) is 4.49. The number of piperidine rings is 1. The summed E-state index contributed by atoms with van der Waals surface area (Å²) in [6.07, 6.45) is 4.01. The monoisotopic (exact) mass is 390 g/mol. The van der Waals surface area contributed by atoms with E-state index >= 15 is 0 Å². The highest BCUT2D eigenvalue weighted by Gasteiger charge is 2.26. The van der Waals surface area contributed by atoms with Crippen LogP contribution >= 0.6 is 0 Å². The smallest absolute Gasteiger partial charge is 0.273 e. The maximum atomic E-state index is 12.5. The molecule has 2 heterocycles. The Morgan fingerprint density at radius 3 is 2.78 bits per heavy atom. The van der Waals surface area contributed by atoms with Crippen LogP contribution < -0.4 is 10.3 Å². The SMILES string of the molecule is O=C(c1c[nH]c(=O)cn1)N1CCC[C@@H](CNS(=O)(=O)Cc2ccccc2)C1. The third kappa shape index (κ3) is 5.48. The first kappa shape index (κ1) is 19.2. The maximum Gasteiger partial charge on any atom is 0.273 e. The molecule has 8 nitrogen and oxygen atoms in total. The van der Waals surface area contributed by atoms with Gasteiger partial charge in [-0.2, -0.15) is 0 Å². The number of nitrogens with one attached hydrogen (secondary N) is 2. The lowest BCUT2D eigenvalue weighted by atomic mass is 9.98. The Balaban J connectivity index is 1.55. The Morgan fingerprint density at radius 2 is 2.07 bits per heavy atom. The number of carbonyl (C=O) groups is 1. The zero-order chi connectivity index (χ0) is 19.3. The molecule has 0 aliphatic carbocycles. The van der Waals surface area contributed by atoms with Crippen LogP contribution in [0.1, 0.15) is 28.9 Å². The summed E-state index contributed by atoms with van der Waals surface area (Å²) in [6.45, 7) is 1.33. The average Bonchev–Trinajstić information content (AvgIpc) is 2.67. The van der Waals surface area contributed by atoms with E-state index in [1.165, 1.54) is 6.20 Å². The Kier molecular flexibility index (Phi) is 6.02. The largest absolute Gasteiger partial charge is 0.337 e. The quantitative estimate of drug-likeness (QED) is 0.756. The molecule has 144 valence electrons. The van der Waals surface area contributed by atoms with Crippen molar-refractivity contribution in [2.75, 3.05) is 19.6 Å². The van der Waals surface area contributed by atoms with Crippen molar-refractivity contribution in [1.29, 1.82) is 0 Å². The van der Waals surface area contributed by atoms with Crippen LogP contribution in [-0.4, -0.2) is 48.8 Å². The molecule has 0 bridgehead atoms. The van der Waals surface area contributed by atoms with Crippen LogP contribution in [0.4, 0.5) is 0 Å². The van der Waals surface area contributed by atoms with Gasteiger partial charge in [0.25, 0.3) is 11.5 Å². The molecule has 1 aliphatic rings. The second-order valence-corrected chi connectivity index (χ2v) is 8.46. The molecule has 1 fully saturated rings. The van der Waals surface area contributed by atoms with Crippen LogP contribution in [0.3, 0.4) is 0 Å². The van der Waals surface area contributed by atoms with Gasteiger partial charge >= 0.3 is 0 Å². The van der Waals surface area contributed by atoms with Gasteiger partial charge in [-0.1, -0.05) is 30.3 Å². The predicted octanol–water partition coefficient (Wildman–Crippen LogP) is 0.742. The predicted molar refractivity (Wildman–Crippen MR) is 101 cm³/mol. The van der Waals surface area contributed by atoms with Crippen molar-refractivity contribution >= 4 is 15.9 Å². The highest BCUT2D eigenvalue weighted by atomic mass is 32.2. The molecular weight excluding hydrogens is 368 g/mol. The standard InChI is InChI=1S/C18H22N4O4S/c23-17-11-19-16(10-20-17)18(24)22-8-4-7-15(12-22)9-21-27(25,26)13-14-5-2-1-3-6-14/h1-3,5-6,10-11,15,21H,4,7-9,12-13H2,(H,20,23)/t15-/m0/s1. The molecule has 0 saturated carbocycles. The summed E-state index contributed by atoms with van der Waals surface area (Å²) < 4.78 is 27.2. The van der Waals surface area contributed by atoms with E-state index in [0.717, 1.165) is 24.6 Å². The number of aromatic amines is 1. The number of likely N-dealkylation sites (tertiary alicyclic amines) is 1. The number of carbonyl (C=O) groups excluding carboxylic acids is 1. The number of hydrogen-bond acceptors (Lipinski definition) is 5.